The van der Waals surface area contributed by atoms with Crippen molar-refractivity contribution in [1.82, 2.24) is 0 Å². The normalized spacial score (nSPS) is 10.9. The second-order valence-corrected chi connectivity index (χ2v) is 4.33. The fourth-order valence-electron chi connectivity index (χ4n) is 1.20. The van der Waals surface area contributed by atoms with Crippen LogP contribution in [-0.4, -0.2) is 0 Å². The maximum atomic E-state index is 12.8. The Balaban J connectivity index is 2.88. The molecule has 0 aliphatic carbocycles. The average molecular weight is 201 g/mol. The van der Waals surface area contributed by atoms with E-state index in [4.69, 9.17) is 11.6 Å². The highest BCUT2D eigenvalue weighted by Crippen LogP contribution is 2.32. The molecule has 0 radical (unpaired) electrons. The lowest BCUT2D eigenvalue weighted by atomic mass is 10.2. The molecule has 0 spiro atoms. The maximum Gasteiger partial charge on any atom is 0.125 e. The van der Waals surface area contributed by atoms with E-state index in [9.17, 15) is 4.39 Å². The molecule has 3 heteroatoms. The molecule has 0 saturated carbocycles. The van der Waals surface area contributed by atoms with Gasteiger partial charge in [-0.05, 0) is 30.5 Å². The summed E-state index contributed by atoms with van der Waals surface area (Å²) in [6.45, 7) is 1.99. The molecule has 0 atom stereocenters. The van der Waals surface area contributed by atoms with Crippen LogP contribution >= 0.6 is 22.9 Å². The van der Waals surface area contributed by atoms with Crippen molar-refractivity contribution in [1.29, 1.82) is 0 Å². The summed E-state index contributed by atoms with van der Waals surface area (Å²) >= 11 is 7.43. The van der Waals surface area contributed by atoms with Crippen molar-refractivity contribution in [2.75, 3.05) is 0 Å². The van der Waals surface area contributed by atoms with Crippen molar-refractivity contribution < 1.29 is 4.39 Å². The van der Waals surface area contributed by atoms with Gasteiger partial charge in [0, 0.05) is 4.88 Å². The van der Waals surface area contributed by atoms with Gasteiger partial charge in [-0.1, -0.05) is 11.6 Å². The molecule has 0 aliphatic heterocycles. The SMILES string of the molecule is Cc1cc2cc(F)cc(Cl)c2s1. The van der Waals surface area contributed by atoms with Gasteiger partial charge in [0.1, 0.15) is 5.82 Å². The molecule has 0 aliphatic rings. The number of benzene rings is 1. The molecule has 1 heterocycles. The Kier molecular flexibility index (Phi) is 1.81. The van der Waals surface area contributed by atoms with Gasteiger partial charge in [-0.25, -0.2) is 4.39 Å². The molecule has 62 valence electrons. The molecule has 0 nitrogen and oxygen atoms in total. The van der Waals surface area contributed by atoms with Gasteiger partial charge in [0.15, 0.2) is 0 Å². The summed E-state index contributed by atoms with van der Waals surface area (Å²) < 4.78 is 13.8. The van der Waals surface area contributed by atoms with Gasteiger partial charge >= 0.3 is 0 Å². The zero-order chi connectivity index (χ0) is 8.72. The fraction of sp³-hybridized carbons (Fsp3) is 0.111. The summed E-state index contributed by atoms with van der Waals surface area (Å²) in [6, 6.07) is 4.79. The standard InChI is InChI=1S/C9H6ClFS/c1-5-2-6-3-7(11)4-8(10)9(6)12-5/h2-4H,1H3. The van der Waals surface area contributed by atoms with Gasteiger partial charge in [0.05, 0.1) is 9.72 Å². The Morgan fingerprint density at radius 1 is 1.33 bits per heavy atom. The van der Waals surface area contributed by atoms with Crippen LogP contribution < -0.4 is 0 Å². The van der Waals surface area contributed by atoms with Crippen molar-refractivity contribution in [2.24, 2.45) is 0 Å². The Labute approximate surface area is 78.6 Å². The average Bonchev–Trinajstić information content (AvgIpc) is 2.29. The molecule has 1 aromatic heterocycles. The Morgan fingerprint density at radius 2 is 2.08 bits per heavy atom. The summed E-state index contributed by atoms with van der Waals surface area (Å²) in [7, 11) is 0. The number of halogens is 2. The van der Waals surface area contributed by atoms with Crippen LogP contribution in [0, 0.1) is 12.7 Å². The quantitative estimate of drug-likeness (QED) is 0.603. The minimum Gasteiger partial charge on any atom is -0.207 e. The van der Waals surface area contributed by atoms with E-state index in [1.54, 1.807) is 11.3 Å². The molecular weight excluding hydrogens is 195 g/mol. The van der Waals surface area contributed by atoms with E-state index >= 15 is 0 Å². The second kappa shape index (κ2) is 2.71. The van der Waals surface area contributed by atoms with Gasteiger partial charge in [-0.2, -0.15) is 0 Å². The van der Waals surface area contributed by atoms with Crippen molar-refractivity contribution in [3.05, 3.63) is 33.9 Å². The van der Waals surface area contributed by atoms with Gasteiger partial charge in [-0.3, -0.25) is 0 Å². The van der Waals surface area contributed by atoms with E-state index in [1.165, 1.54) is 12.1 Å². The molecule has 0 amide bonds. The number of hydrogen-bond acceptors (Lipinski definition) is 1. The highest BCUT2D eigenvalue weighted by atomic mass is 35.5. The summed E-state index contributed by atoms with van der Waals surface area (Å²) in [5.74, 6) is -0.273. The predicted molar refractivity (Wildman–Crippen MR) is 51.5 cm³/mol. The summed E-state index contributed by atoms with van der Waals surface area (Å²) in [5, 5.41) is 1.39. The van der Waals surface area contributed by atoms with E-state index in [2.05, 4.69) is 0 Å². The summed E-state index contributed by atoms with van der Waals surface area (Å²) in [6.07, 6.45) is 0. The lowest BCUT2D eigenvalue weighted by molar-refractivity contribution is 0.630. The van der Waals surface area contributed by atoms with Crippen LogP contribution in [0.25, 0.3) is 10.1 Å². The number of hydrogen-bond donors (Lipinski definition) is 0. The monoisotopic (exact) mass is 200 g/mol. The maximum absolute atomic E-state index is 12.8. The third kappa shape index (κ3) is 1.21. The largest absolute Gasteiger partial charge is 0.207 e. The topological polar surface area (TPSA) is 0 Å². The first-order chi connectivity index (χ1) is 5.66. The molecule has 2 rings (SSSR count). The third-order valence-corrected chi connectivity index (χ3v) is 3.17. The van der Waals surface area contributed by atoms with E-state index in [-0.39, 0.29) is 5.82 Å². The minimum absolute atomic E-state index is 0.273. The number of aryl methyl sites for hydroxylation is 1. The molecule has 2 aromatic rings. The predicted octanol–water partition coefficient (Wildman–Crippen LogP) is 4.00. The zero-order valence-corrected chi connectivity index (χ0v) is 7.97. The first-order valence-corrected chi connectivity index (χ1v) is 4.71. The Hall–Kier alpha value is -0.600. The van der Waals surface area contributed by atoms with Crippen LogP contribution in [0.3, 0.4) is 0 Å². The lowest BCUT2D eigenvalue weighted by Gasteiger charge is -1.92. The van der Waals surface area contributed by atoms with E-state index < -0.39 is 0 Å². The number of rotatable bonds is 0. The third-order valence-electron chi connectivity index (χ3n) is 1.66. The van der Waals surface area contributed by atoms with Crippen LogP contribution in [0.5, 0.6) is 0 Å². The highest BCUT2D eigenvalue weighted by Gasteiger charge is 2.04. The van der Waals surface area contributed by atoms with Crippen molar-refractivity contribution in [3.63, 3.8) is 0 Å². The molecule has 0 fully saturated rings. The Morgan fingerprint density at radius 3 is 2.83 bits per heavy atom. The van der Waals surface area contributed by atoms with Crippen LogP contribution in [0.1, 0.15) is 4.88 Å². The highest BCUT2D eigenvalue weighted by molar-refractivity contribution is 7.19. The first-order valence-electron chi connectivity index (χ1n) is 3.52. The van der Waals surface area contributed by atoms with Crippen LogP contribution in [0.4, 0.5) is 4.39 Å². The summed E-state index contributed by atoms with van der Waals surface area (Å²) in [4.78, 5) is 1.15. The molecular formula is C9H6ClFS. The van der Waals surface area contributed by atoms with E-state index in [0.29, 0.717) is 5.02 Å². The zero-order valence-electron chi connectivity index (χ0n) is 6.40. The lowest BCUT2D eigenvalue weighted by Crippen LogP contribution is -1.72. The van der Waals surface area contributed by atoms with Crippen molar-refractivity contribution >= 4 is 33.0 Å². The fourth-order valence-corrected chi connectivity index (χ4v) is 2.43. The molecule has 0 bridgehead atoms. The molecule has 0 unspecified atom stereocenters. The first kappa shape index (κ1) is 8.02. The van der Waals surface area contributed by atoms with Crippen LogP contribution in [0.15, 0.2) is 18.2 Å². The number of fused-ring (bicyclic) bond motifs is 1. The Bertz CT molecular complexity index is 433. The van der Waals surface area contributed by atoms with Crippen molar-refractivity contribution in [2.45, 2.75) is 6.92 Å². The molecule has 12 heavy (non-hydrogen) atoms. The smallest absolute Gasteiger partial charge is 0.125 e. The van der Waals surface area contributed by atoms with E-state index in [0.717, 1.165) is 15.0 Å². The van der Waals surface area contributed by atoms with Crippen LogP contribution in [-0.2, 0) is 0 Å². The number of thiophene rings is 1. The molecule has 0 N–H and O–H groups in total. The van der Waals surface area contributed by atoms with Gasteiger partial charge < -0.3 is 0 Å². The van der Waals surface area contributed by atoms with E-state index in [1.807, 2.05) is 13.0 Å². The second-order valence-electron chi connectivity index (χ2n) is 2.66. The van der Waals surface area contributed by atoms with Crippen molar-refractivity contribution in [3.8, 4) is 0 Å². The molecule has 1 aromatic carbocycles. The van der Waals surface area contributed by atoms with Gasteiger partial charge in [0.25, 0.3) is 0 Å². The van der Waals surface area contributed by atoms with Crippen LogP contribution in [0.2, 0.25) is 5.02 Å². The summed E-state index contributed by atoms with van der Waals surface area (Å²) in [5.41, 5.74) is 0. The molecule has 0 saturated heterocycles. The minimum atomic E-state index is -0.273. The van der Waals surface area contributed by atoms with Gasteiger partial charge in [0.2, 0.25) is 0 Å². The van der Waals surface area contributed by atoms with Gasteiger partial charge in [-0.15, -0.1) is 11.3 Å².